The van der Waals surface area contributed by atoms with Gasteiger partial charge < -0.3 is 8.83 Å². The fraction of sp³-hybridized carbons (Fsp3) is 0.0649. The average Bonchev–Trinajstić information content (AvgIpc) is 1.66. The van der Waals surface area contributed by atoms with Crippen LogP contribution in [-0.2, 0) is 5.41 Å². The van der Waals surface area contributed by atoms with Crippen LogP contribution in [-0.4, -0.2) is 0 Å². The van der Waals surface area contributed by atoms with E-state index < -0.39 is 0 Å². The van der Waals surface area contributed by atoms with Crippen molar-refractivity contribution >= 4 is 75.7 Å². The maximum atomic E-state index is 7.20. The van der Waals surface area contributed by atoms with Crippen molar-refractivity contribution in [3.63, 3.8) is 0 Å². The molecule has 14 aromatic rings. The Kier molecular flexibility index (Phi) is 8.99. The summed E-state index contributed by atoms with van der Waals surface area (Å²) in [6, 6.07) is 90.1. The zero-order chi connectivity index (χ0) is 53.0. The lowest BCUT2D eigenvalue weighted by atomic mass is 9.43. The Morgan fingerprint density at radius 2 is 0.815 bits per heavy atom. The fourth-order valence-corrected chi connectivity index (χ4v) is 17.6. The zero-order valence-corrected chi connectivity index (χ0v) is 46.6. The number of furan rings is 2. The number of hydrogen-bond acceptors (Lipinski definition) is 2. The number of halogens is 2. The van der Waals surface area contributed by atoms with Gasteiger partial charge in [-0.25, -0.2) is 0 Å². The van der Waals surface area contributed by atoms with Crippen LogP contribution in [0.4, 0.5) is 0 Å². The molecule has 2 heterocycles. The summed E-state index contributed by atoms with van der Waals surface area (Å²) in [7, 11) is 0. The maximum Gasteiger partial charge on any atom is 0.143 e. The van der Waals surface area contributed by atoms with E-state index in [0.717, 1.165) is 82.8 Å². The van der Waals surface area contributed by atoms with Gasteiger partial charge in [-0.15, -0.1) is 0 Å². The molecule has 0 saturated carbocycles. The number of benzene rings is 12. The summed E-state index contributed by atoms with van der Waals surface area (Å²) in [5.41, 5.74) is 32.4. The summed E-state index contributed by atoms with van der Waals surface area (Å²) in [4.78, 5) is 0. The van der Waals surface area contributed by atoms with E-state index in [4.69, 9.17) is 8.83 Å². The van der Waals surface area contributed by atoms with Gasteiger partial charge in [0.1, 0.15) is 22.3 Å². The Hall–Kier alpha value is -8.80. The molecule has 0 radical (unpaired) electrons. The van der Waals surface area contributed by atoms with Gasteiger partial charge in [-0.1, -0.05) is 238 Å². The molecule has 3 atom stereocenters. The van der Waals surface area contributed by atoms with Gasteiger partial charge in [0.15, 0.2) is 0 Å². The predicted molar refractivity (Wildman–Crippen MR) is 336 cm³/mol. The van der Waals surface area contributed by atoms with Crippen molar-refractivity contribution in [3.8, 4) is 55.6 Å². The minimum absolute atomic E-state index is 0.0315. The van der Waals surface area contributed by atoms with Crippen LogP contribution in [0.3, 0.4) is 0 Å². The Labute approximate surface area is 484 Å². The predicted octanol–water partition coefficient (Wildman–Crippen LogP) is 21.2. The van der Waals surface area contributed by atoms with Crippen LogP contribution in [0.15, 0.2) is 260 Å². The van der Waals surface area contributed by atoms with Crippen molar-refractivity contribution in [2.24, 2.45) is 0 Å². The molecule has 378 valence electrons. The molecule has 20 rings (SSSR count). The van der Waals surface area contributed by atoms with E-state index in [-0.39, 0.29) is 23.2 Å². The third-order valence-electron chi connectivity index (χ3n) is 19.5. The summed E-state index contributed by atoms with van der Waals surface area (Å²) in [6.07, 6.45) is 0. The maximum absolute atomic E-state index is 7.20. The van der Waals surface area contributed by atoms with Gasteiger partial charge in [-0.2, -0.15) is 0 Å². The number of rotatable bonds is 5. The highest BCUT2D eigenvalue weighted by molar-refractivity contribution is 9.10. The number of fused-ring (bicyclic) bond motifs is 13. The largest absolute Gasteiger partial charge is 0.456 e. The molecular formula is C77H44Br2O2. The first-order valence-corrected chi connectivity index (χ1v) is 29.7. The molecule has 0 aliphatic heterocycles. The molecule has 12 aromatic carbocycles. The van der Waals surface area contributed by atoms with Crippen molar-refractivity contribution in [2.45, 2.75) is 29.1 Å². The summed E-state index contributed by atoms with van der Waals surface area (Å²) >= 11 is 8.13. The monoisotopic (exact) mass is 1160 g/mol. The molecule has 6 aliphatic rings. The minimum atomic E-state index is -0.0315. The molecule has 3 unspecified atom stereocenters. The van der Waals surface area contributed by atoms with E-state index >= 15 is 0 Å². The molecule has 0 N–H and O–H groups in total. The first-order chi connectivity index (χ1) is 40.0. The first kappa shape index (κ1) is 45.0. The molecule has 2 bridgehead atoms. The van der Waals surface area contributed by atoms with Crippen LogP contribution in [0.1, 0.15) is 90.4 Å². The SMILES string of the molecule is Brc1ccc(-c2ccc3c(c2)oc2cccc(-c4cccc(-c5ccc(-c6cccc7c6oc6c(-c8ccc(Br)c9c8C8c%10ccccc%10C8%10c8ccccc8C9%10)cccc67)cc5)c4)c23)c2c1C1c3ccccc3C2c2ccccc21. The molecular weight excluding hydrogens is 1120 g/mol. The van der Waals surface area contributed by atoms with Gasteiger partial charge in [0, 0.05) is 70.7 Å². The molecule has 0 fully saturated rings. The van der Waals surface area contributed by atoms with Gasteiger partial charge in [0.05, 0.1) is 0 Å². The second-order valence-corrected chi connectivity index (χ2v) is 24.7. The number of para-hydroxylation sites is 2. The Morgan fingerprint density at radius 3 is 1.52 bits per heavy atom. The van der Waals surface area contributed by atoms with Gasteiger partial charge in [-0.05, 0) is 148 Å². The first-order valence-electron chi connectivity index (χ1n) is 28.2. The van der Waals surface area contributed by atoms with Crippen molar-refractivity contribution in [1.29, 1.82) is 0 Å². The van der Waals surface area contributed by atoms with Crippen LogP contribution in [0, 0.1) is 0 Å². The van der Waals surface area contributed by atoms with E-state index in [0.29, 0.717) is 5.92 Å². The van der Waals surface area contributed by atoms with Crippen molar-refractivity contribution in [2.75, 3.05) is 0 Å². The highest BCUT2D eigenvalue weighted by Gasteiger charge is 2.70. The third kappa shape index (κ3) is 5.72. The smallest absolute Gasteiger partial charge is 0.143 e. The molecule has 0 saturated heterocycles. The lowest BCUT2D eigenvalue weighted by Crippen LogP contribution is -2.52. The van der Waals surface area contributed by atoms with Gasteiger partial charge >= 0.3 is 0 Å². The molecule has 6 aliphatic carbocycles. The summed E-state index contributed by atoms with van der Waals surface area (Å²) in [5, 5.41) is 4.51. The fourth-order valence-electron chi connectivity index (χ4n) is 16.4. The molecule has 2 aromatic heterocycles. The highest BCUT2D eigenvalue weighted by Crippen LogP contribution is 2.78. The molecule has 0 amide bonds. The van der Waals surface area contributed by atoms with Crippen LogP contribution in [0.2, 0.25) is 0 Å². The van der Waals surface area contributed by atoms with Crippen LogP contribution >= 0.6 is 31.9 Å². The third-order valence-corrected chi connectivity index (χ3v) is 20.9. The lowest BCUT2D eigenvalue weighted by molar-refractivity contribution is 0.332. The topological polar surface area (TPSA) is 26.3 Å². The van der Waals surface area contributed by atoms with Crippen LogP contribution in [0.5, 0.6) is 0 Å². The van der Waals surface area contributed by atoms with Crippen molar-refractivity contribution in [1.82, 2.24) is 0 Å². The van der Waals surface area contributed by atoms with E-state index in [2.05, 4.69) is 275 Å². The molecule has 2 nitrogen and oxygen atoms in total. The Bertz CT molecular complexity index is 5080. The quantitative estimate of drug-likeness (QED) is 0.172. The summed E-state index contributed by atoms with van der Waals surface area (Å²) in [6.45, 7) is 0. The van der Waals surface area contributed by atoms with Crippen molar-refractivity contribution < 1.29 is 8.83 Å². The van der Waals surface area contributed by atoms with Crippen molar-refractivity contribution in [3.05, 3.63) is 318 Å². The second kappa shape index (κ2) is 16.2. The Morgan fingerprint density at radius 1 is 0.296 bits per heavy atom. The minimum Gasteiger partial charge on any atom is -0.456 e. The van der Waals surface area contributed by atoms with Gasteiger partial charge in [-0.3, -0.25) is 0 Å². The van der Waals surface area contributed by atoms with Crippen LogP contribution < -0.4 is 0 Å². The molecule has 4 heteroatoms. The van der Waals surface area contributed by atoms with E-state index in [9.17, 15) is 0 Å². The summed E-state index contributed by atoms with van der Waals surface area (Å²) < 4.78 is 16.4. The van der Waals surface area contributed by atoms with E-state index in [1.165, 1.54) is 92.4 Å². The summed E-state index contributed by atoms with van der Waals surface area (Å²) in [5.74, 6) is 0.930. The average molecular weight is 1160 g/mol. The number of hydrogen-bond donors (Lipinski definition) is 0. The lowest BCUT2D eigenvalue weighted by Gasteiger charge is -2.58. The van der Waals surface area contributed by atoms with E-state index in [1.54, 1.807) is 0 Å². The van der Waals surface area contributed by atoms with E-state index in [1.807, 2.05) is 0 Å². The highest BCUT2D eigenvalue weighted by atomic mass is 79.9. The molecule has 81 heavy (non-hydrogen) atoms. The van der Waals surface area contributed by atoms with Gasteiger partial charge in [0.2, 0.25) is 0 Å². The Balaban J connectivity index is 0.668. The zero-order valence-electron chi connectivity index (χ0n) is 43.5. The van der Waals surface area contributed by atoms with Gasteiger partial charge in [0.25, 0.3) is 0 Å². The molecule has 1 spiro atoms. The normalized spacial score (nSPS) is 19.0. The second-order valence-electron chi connectivity index (χ2n) is 23.0. The van der Waals surface area contributed by atoms with Crippen LogP contribution in [0.25, 0.3) is 99.5 Å². The standard InChI is InChI=1S/C77H44Br2O2/c78-62-37-35-47(69-67-49-15-1-3-17-51(49)68(71(62)69)52-18-4-2-16-50(52)67)45-33-34-59-65(40-45)80-64-28-12-21-46(66(59)64)44-14-9-13-43(39-44)41-29-31-42(32-30-41)48-22-10-24-55-56-25-11-23-54(76(56)81-75(48)55)53-36-38-63(79)72-70(53)73-57-19-5-7-26-60(57)77(73)61-27-8-6-20-58(61)74(72)77/h1-40,67-68,73-74H.